The Balaban J connectivity index is 1.45. The predicted octanol–water partition coefficient (Wildman–Crippen LogP) is 3.45. The minimum absolute atomic E-state index is 0.00731. The minimum Gasteiger partial charge on any atom is -0.480 e. The number of fused-ring (bicyclic) bond motifs is 2. The summed E-state index contributed by atoms with van der Waals surface area (Å²) in [5.41, 5.74) is 3.14. The fraction of sp³-hybridized carbons (Fsp3) is 0.269. The van der Waals surface area contributed by atoms with E-state index in [2.05, 4.69) is 22.2 Å². The highest BCUT2D eigenvalue weighted by Crippen LogP contribution is 2.45. The lowest BCUT2D eigenvalue weighted by atomic mass is 9.68. The molecule has 4 heterocycles. The molecule has 0 unspecified atom stereocenters. The Morgan fingerprint density at radius 2 is 2.06 bits per heavy atom. The van der Waals surface area contributed by atoms with Gasteiger partial charge in [-0.15, -0.1) is 0 Å². The highest BCUT2D eigenvalue weighted by Gasteiger charge is 2.48. The van der Waals surface area contributed by atoms with Crippen LogP contribution in [0.4, 0.5) is 5.82 Å². The van der Waals surface area contributed by atoms with E-state index >= 15 is 0 Å². The van der Waals surface area contributed by atoms with Crippen molar-refractivity contribution in [3.63, 3.8) is 0 Å². The van der Waals surface area contributed by atoms with Crippen LogP contribution in [0.25, 0.3) is 33.4 Å². The summed E-state index contributed by atoms with van der Waals surface area (Å²) >= 11 is 0. The van der Waals surface area contributed by atoms with Crippen LogP contribution in [0, 0.1) is 28.6 Å². The highest BCUT2D eigenvalue weighted by atomic mass is 16.5. The maximum atomic E-state index is 12.1. The molecule has 4 aromatic rings. The Hall–Kier alpha value is -4.83. The molecule has 10 nitrogen and oxygen atoms in total. The minimum atomic E-state index is -0.559. The lowest BCUT2D eigenvalue weighted by Gasteiger charge is -2.42. The number of rotatable bonds is 4. The first kappa shape index (κ1) is 21.7. The van der Waals surface area contributed by atoms with Gasteiger partial charge in [0.25, 0.3) is 5.91 Å². The van der Waals surface area contributed by atoms with Gasteiger partial charge in [-0.2, -0.15) is 25.5 Å². The second-order valence-corrected chi connectivity index (χ2v) is 9.17. The fourth-order valence-corrected chi connectivity index (χ4v) is 4.94. The number of ether oxygens (including phenoxy) is 1. The second-order valence-electron chi connectivity index (χ2n) is 9.17. The lowest BCUT2D eigenvalue weighted by molar-refractivity contribution is -0.121. The van der Waals surface area contributed by atoms with Crippen LogP contribution in [-0.4, -0.2) is 44.5 Å². The molecule has 0 radical (unpaired) electrons. The number of pyridine rings is 2. The van der Waals surface area contributed by atoms with Crippen molar-refractivity contribution in [3.05, 3.63) is 48.8 Å². The summed E-state index contributed by atoms with van der Waals surface area (Å²) in [5.74, 6) is 0.769. The summed E-state index contributed by atoms with van der Waals surface area (Å²) in [5, 5.41) is 28.8. The van der Waals surface area contributed by atoms with Crippen molar-refractivity contribution in [1.82, 2.24) is 25.0 Å². The summed E-state index contributed by atoms with van der Waals surface area (Å²) < 4.78 is 5.52. The predicted molar refractivity (Wildman–Crippen MR) is 129 cm³/mol. The maximum absolute atomic E-state index is 12.1. The molecule has 176 valence electrons. The molecule has 1 saturated carbocycles. The SMILES string of the molecule is CN1C(=O)COc2ccc(-c3cc(-c4cnn([C@]5(CC#N)C[C@H](C#N)C5)n4)c4cccnc4c3)nc21. The van der Waals surface area contributed by atoms with Gasteiger partial charge >= 0.3 is 0 Å². The topological polar surface area (TPSA) is 134 Å². The molecular weight excluding hydrogens is 456 g/mol. The van der Waals surface area contributed by atoms with E-state index in [0.717, 1.165) is 22.0 Å². The average molecular weight is 477 g/mol. The molecule has 0 saturated heterocycles. The Morgan fingerprint density at radius 1 is 1.19 bits per heavy atom. The van der Waals surface area contributed by atoms with Gasteiger partial charge in [-0.05, 0) is 43.2 Å². The zero-order valence-corrected chi connectivity index (χ0v) is 19.4. The number of nitriles is 2. The van der Waals surface area contributed by atoms with Crippen molar-refractivity contribution >= 4 is 22.6 Å². The summed E-state index contributed by atoms with van der Waals surface area (Å²) in [6.45, 7) is -0.00731. The summed E-state index contributed by atoms with van der Waals surface area (Å²) in [7, 11) is 1.68. The standard InChI is InChI=1S/C26H20N8O2/c1-33-24(35)15-36-23-5-4-20(31-25(23)33)17-9-19(18-3-2-8-29-21(18)10-17)22-14-30-34(32-22)26(6-7-27)11-16(12-26)13-28/h2-5,8-10,14,16H,6,11-12,15H2,1H3/t16-,26+. The Morgan fingerprint density at radius 3 is 2.86 bits per heavy atom. The van der Waals surface area contributed by atoms with Gasteiger partial charge in [0.15, 0.2) is 18.2 Å². The zero-order valence-electron chi connectivity index (χ0n) is 19.4. The number of amides is 1. The molecule has 10 heteroatoms. The number of aromatic nitrogens is 5. The van der Waals surface area contributed by atoms with Crippen molar-refractivity contribution < 1.29 is 9.53 Å². The summed E-state index contributed by atoms with van der Waals surface area (Å²) in [4.78, 5) is 24.5. The molecule has 1 fully saturated rings. The van der Waals surface area contributed by atoms with Crippen LogP contribution in [-0.2, 0) is 10.3 Å². The Kier molecular flexibility index (Phi) is 4.90. The normalized spacial score (nSPS) is 20.7. The first-order valence-corrected chi connectivity index (χ1v) is 11.5. The number of likely N-dealkylation sites (N-methyl/N-ethyl adjacent to an activating group) is 1. The number of anilines is 1. The third kappa shape index (κ3) is 3.35. The van der Waals surface area contributed by atoms with E-state index in [0.29, 0.717) is 35.8 Å². The van der Waals surface area contributed by atoms with Crippen molar-refractivity contribution in [2.24, 2.45) is 5.92 Å². The van der Waals surface area contributed by atoms with Gasteiger partial charge < -0.3 is 4.74 Å². The van der Waals surface area contributed by atoms with Gasteiger partial charge in [0.2, 0.25) is 0 Å². The summed E-state index contributed by atoms with van der Waals surface area (Å²) in [6, 6.07) is 15.9. The molecule has 1 aliphatic heterocycles. The van der Waals surface area contributed by atoms with Gasteiger partial charge in [-0.3, -0.25) is 14.7 Å². The third-order valence-electron chi connectivity index (χ3n) is 6.93. The van der Waals surface area contributed by atoms with Crippen LogP contribution in [0.15, 0.2) is 48.8 Å². The maximum Gasteiger partial charge on any atom is 0.265 e. The van der Waals surface area contributed by atoms with E-state index in [4.69, 9.17) is 14.8 Å². The van der Waals surface area contributed by atoms with Gasteiger partial charge in [0, 0.05) is 29.8 Å². The van der Waals surface area contributed by atoms with Crippen LogP contribution >= 0.6 is 0 Å². The summed E-state index contributed by atoms with van der Waals surface area (Å²) in [6.07, 6.45) is 4.77. The molecule has 0 atom stereocenters. The van der Waals surface area contributed by atoms with Crippen molar-refractivity contribution in [2.45, 2.75) is 24.8 Å². The monoisotopic (exact) mass is 476 g/mol. The smallest absolute Gasteiger partial charge is 0.265 e. The van der Waals surface area contributed by atoms with Crippen molar-refractivity contribution in [3.8, 4) is 40.4 Å². The average Bonchev–Trinajstić information content (AvgIpc) is 3.38. The second kappa shape index (κ2) is 8.14. The number of hydrogen-bond acceptors (Lipinski definition) is 8. The molecule has 0 N–H and O–H groups in total. The Labute approximate surface area is 206 Å². The molecule has 1 aliphatic carbocycles. The Bertz CT molecular complexity index is 1610. The lowest BCUT2D eigenvalue weighted by Crippen LogP contribution is -2.47. The van der Waals surface area contributed by atoms with E-state index < -0.39 is 5.54 Å². The third-order valence-corrected chi connectivity index (χ3v) is 6.93. The van der Waals surface area contributed by atoms with Gasteiger partial charge in [0.05, 0.1) is 47.4 Å². The molecule has 0 bridgehead atoms. The van der Waals surface area contributed by atoms with Gasteiger partial charge in [-0.1, -0.05) is 6.07 Å². The van der Waals surface area contributed by atoms with Crippen molar-refractivity contribution in [2.75, 3.05) is 18.6 Å². The fourth-order valence-electron chi connectivity index (χ4n) is 4.94. The molecule has 3 aromatic heterocycles. The quantitative estimate of drug-likeness (QED) is 0.437. The van der Waals surface area contributed by atoms with E-state index in [9.17, 15) is 15.3 Å². The van der Waals surface area contributed by atoms with E-state index in [1.165, 1.54) is 4.90 Å². The van der Waals surface area contributed by atoms with Crippen LogP contribution in [0.5, 0.6) is 5.75 Å². The van der Waals surface area contributed by atoms with Crippen LogP contribution in [0.3, 0.4) is 0 Å². The highest BCUT2D eigenvalue weighted by molar-refractivity contribution is 5.98. The zero-order chi connectivity index (χ0) is 24.9. The van der Waals surface area contributed by atoms with E-state index in [1.54, 1.807) is 24.2 Å². The molecule has 0 spiro atoms. The number of benzene rings is 1. The van der Waals surface area contributed by atoms with E-state index in [1.807, 2.05) is 36.4 Å². The molecule has 2 aliphatic rings. The molecule has 36 heavy (non-hydrogen) atoms. The molecule has 1 amide bonds. The molecule has 6 rings (SSSR count). The largest absolute Gasteiger partial charge is 0.480 e. The number of hydrogen-bond donors (Lipinski definition) is 0. The van der Waals surface area contributed by atoms with Gasteiger partial charge in [0.1, 0.15) is 5.69 Å². The van der Waals surface area contributed by atoms with Crippen LogP contribution in [0.2, 0.25) is 0 Å². The van der Waals surface area contributed by atoms with Crippen molar-refractivity contribution in [1.29, 1.82) is 10.5 Å². The number of carbonyl (C=O) groups is 1. The van der Waals surface area contributed by atoms with Crippen LogP contribution < -0.4 is 9.64 Å². The molecule has 1 aromatic carbocycles. The van der Waals surface area contributed by atoms with Crippen LogP contribution in [0.1, 0.15) is 19.3 Å². The van der Waals surface area contributed by atoms with Gasteiger partial charge in [-0.25, -0.2) is 4.98 Å². The first-order chi connectivity index (χ1) is 17.5. The first-order valence-electron chi connectivity index (χ1n) is 11.5. The molecular formula is C26H20N8O2. The number of carbonyl (C=O) groups excluding carboxylic acids is 1. The van der Waals surface area contributed by atoms with E-state index in [-0.39, 0.29) is 24.9 Å². The number of nitrogens with zero attached hydrogens (tertiary/aromatic N) is 8.